The normalized spacial score (nSPS) is 26.8. The van der Waals surface area contributed by atoms with Crippen molar-refractivity contribution in [1.82, 2.24) is 4.90 Å². The lowest BCUT2D eigenvalue weighted by atomic mass is 10.0. The van der Waals surface area contributed by atoms with Crippen molar-refractivity contribution < 1.29 is 14.3 Å². The lowest BCUT2D eigenvalue weighted by Crippen LogP contribution is -2.42. The van der Waals surface area contributed by atoms with E-state index in [-0.39, 0.29) is 16.8 Å². The molecule has 16 heavy (non-hydrogen) atoms. The van der Waals surface area contributed by atoms with Gasteiger partial charge in [0, 0.05) is 27.3 Å². The van der Waals surface area contributed by atoms with Crippen LogP contribution in [-0.4, -0.2) is 55.7 Å². The number of hydrogen-bond acceptors (Lipinski definition) is 3. The summed E-state index contributed by atoms with van der Waals surface area (Å²) in [6, 6.07) is 0. The molecular weight excluding hydrogens is 274 g/mol. The zero-order valence-corrected chi connectivity index (χ0v) is 11.7. The Kier molecular flexibility index (Phi) is 5.72. The van der Waals surface area contributed by atoms with E-state index in [9.17, 15) is 4.79 Å². The molecule has 0 saturated carbocycles. The van der Waals surface area contributed by atoms with Crippen LogP contribution in [0.25, 0.3) is 0 Å². The Morgan fingerprint density at radius 3 is 2.88 bits per heavy atom. The molecule has 0 aromatic rings. The largest absolute Gasteiger partial charge is 0.383 e. The second kappa shape index (κ2) is 6.57. The zero-order chi connectivity index (χ0) is 12.1. The summed E-state index contributed by atoms with van der Waals surface area (Å²) in [4.78, 5) is 13.9. The van der Waals surface area contributed by atoms with Crippen molar-refractivity contribution in [1.29, 1.82) is 0 Å². The monoisotopic (exact) mass is 293 g/mol. The molecule has 1 aliphatic heterocycles. The molecule has 0 N–H and O–H groups in total. The SMILES string of the molecule is COCC(Br)CN(C)C(=O)C1OCCC1C. The maximum atomic E-state index is 12.0. The fourth-order valence-corrected chi connectivity index (χ4v) is 2.55. The molecule has 0 bridgehead atoms. The number of alkyl halides is 1. The summed E-state index contributed by atoms with van der Waals surface area (Å²) in [6.07, 6.45) is 0.715. The van der Waals surface area contributed by atoms with E-state index in [0.717, 1.165) is 6.42 Å². The number of nitrogens with zero attached hydrogens (tertiary/aromatic N) is 1. The van der Waals surface area contributed by atoms with Crippen molar-refractivity contribution in [2.24, 2.45) is 5.92 Å². The highest BCUT2D eigenvalue weighted by atomic mass is 79.9. The van der Waals surface area contributed by atoms with E-state index >= 15 is 0 Å². The number of carbonyl (C=O) groups is 1. The number of halogens is 1. The van der Waals surface area contributed by atoms with Gasteiger partial charge in [0.15, 0.2) is 0 Å². The third-order valence-corrected chi connectivity index (χ3v) is 3.38. The topological polar surface area (TPSA) is 38.8 Å². The average Bonchev–Trinajstić information content (AvgIpc) is 2.63. The van der Waals surface area contributed by atoms with Crippen LogP contribution in [0.5, 0.6) is 0 Å². The van der Waals surface area contributed by atoms with Crippen LogP contribution in [0.1, 0.15) is 13.3 Å². The molecule has 3 atom stereocenters. The molecule has 1 rings (SSSR count). The van der Waals surface area contributed by atoms with E-state index in [1.807, 2.05) is 0 Å². The van der Waals surface area contributed by atoms with Gasteiger partial charge in [0.05, 0.1) is 11.4 Å². The number of ether oxygens (including phenoxy) is 2. The Bertz CT molecular complexity index is 237. The Balaban J connectivity index is 2.40. The van der Waals surface area contributed by atoms with Crippen LogP contribution in [0.4, 0.5) is 0 Å². The maximum absolute atomic E-state index is 12.0. The molecule has 0 aromatic heterocycles. The summed E-state index contributed by atoms with van der Waals surface area (Å²) in [5.41, 5.74) is 0. The van der Waals surface area contributed by atoms with Gasteiger partial charge in [0.2, 0.25) is 0 Å². The van der Waals surface area contributed by atoms with Gasteiger partial charge < -0.3 is 14.4 Å². The molecule has 94 valence electrons. The second-order valence-electron chi connectivity index (χ2n) is 4.33. The van der Waals surface area contributed by atoms with Gasteiger partial charge in [-0.3, -0.25) is 4.79 Å². The standard InChI is InChI=1S/C11H20BrNO3/c1-8-4-5-16-10(8)11(14)13(2)6-9(12)7-15-3/h8-10H,4-7H2,1-3H3. The predicted molar refractivity (Wildman–Crippen MR) is 65.7 cm³/mol. The van der Waals surface area contributed by atoms with Gasteiger partial charge in [-0.1, -0.05) is 22.9 Å². The smallest absolute Gasteiger partial charge is 0.251 e. The van der Waals surface area contributed by atoms with Crippen LogP contribution in [0.15, 0.2) is 0 Å². The first-order valence-corrected chi connectivity index (χ1v) is 6.47. The molecule has 0 spiro atoms. The lowest BCUT2D eigenvalue weighted by Gasteiger charge is -2.24. The molecule has 1 saturated heterocycles. The van der Waals surface area contributed by atoms with Crippen LogP contribution in [0.3, 0.4) is 0 Å². The van der Waals surface area contributed by atoms with Crippen molar-refractivity contribution in [2.75, 3.05) is 33.9 Å². The molecule has 0 aromatic carbocycles. The highest BCUT2D eigenvalue weighted by Gasteiger charge is 2.33. The van der Waals surface area contributed by atoms with Gasteiger partial charge in [0.1, 0.15) is 6.10 Å². The van der Waals surface area contributed by atoms with Crippen LogP contribution < -0.4 is 0 Å². The Morgan fingerprint density at radius 1 is 1.69 bits per heavy atom. The van der Waals surface area contributed by atoms with E-state index in [1.165, 1.54) is 0 Å². The highest BCUT2D eigenvalue weighted by Crippen LogP contribution is 2.21. The Labute approximate surface area is 105 Å². The van der Waals surface area contributed by atoms with E-state index in [2.05, 4.69) is 22.9 Å². The molecule has 1 heterocycles. The van der Waals surface area contributed by atoms with Crippen molar-refractivity contribution >= 4 is 21.8 Å². The third kappa shape index (κ3) is 3.71. The predicted octanol–water partition coefficient (Wildman–Crippen LogP) is 1.28. The summed E-state index contributed by atoms with van der Waals surface area (Å²) in [5, 5.41) is 0. The van der Waals surface area contributed by atoms with E-state index < -0.39 is 0 Å². The fraction of sp³-hybridized carbons (Fsp3) is 0.909. The minimum atomic E-state index is -0.257. The van der Waals surface area contributed by atoms with Crippen LogP contribution >= 0.6 is 15.9 Å². The number of rotatable bonds is 5. The van der Waals surface area contributed by atoms with Crippen molar-refractivity contribution in [3.63, 3.8) is 0 Å². The molecule has 3 unspecified atom stereocenters. The Hall–Kier alpha value is -0.130. The first kappa shape index (κ1) is 13.9. The maximum Gasteiger partial charge on any atom is 0.251 e. The van der Waals surface area contributed by atoms with Crippen LogP contribution in [0, 0.1) is 5.92 Å². The fourth-order valence-electron chi connectivity index (χ4n) is 1.85. The summed E-state index contributed by atoms with van der Waals surface area (Å²) < 4.78 is 10.5. The minimum absolute atomic E-state index is 0.0746. The summed E-state index contributed by atoms with van der Waals surface area (Å²) in [7, 11) is 3.46. The quantitative estimate of drug-likeness (QED) is 0.717. The summed E-state index contributed by atoms with van der Waals surface area (Å²) in [5.74, 6) is 0.400. The third-order valence-electron chi connectivity index (χ3n) is 2.83. The average molecular weight is 294 g/mol. The molecular formula is C11H20BrNO3. The number of amides is 1. The van der Waals surface area contributed by atoms with Crippen molar-refractivity contribution in [3.05, 3.63) is 0 Å². The summed E-state index contributed by atoms with van der Waals surface area (Å²) in [6.45, 7) is 3.99. The molecule has 0 aliphatic carbocycles. The van der Waals surface area contributed by atoms with Gasteiger partial charge in [-0.05, 0) is 12.3 Å². The molecule has 4 nitrogen and oxygen atoms in total. The summed E-state index contributed by atoms with van der Waals surface area (Å²) >= 11 is 3.47. The molecule has 1 fully saturated rings. The first-order valence-electron chi connectivity index (χ1n) is 5.55. The minimum Gasteiger partial charge on any atom is -0.383 e. The molecule has 1 aliphatic rings. The van der Waals surface area contributed by atoms with Crippen LogP contribution in [0.2, 0.25) is 0 Å². The zero-order valence-electron chi connectivity index (χ0n) is 10.1. The second-order valence-corrected chi connectivity index (χ2v) is 5.62. The number of carbonyl (C=O) groups excluding carboxylic acids is 1. The lowest BCUT2D eigenvalue weighted by molar-refractivity contribution is -0.141. The Morgan fingerprint density at radius 2 is 2.38 bits per heavy atom. The van der Waals surface area contributed by atoms with Gasteiger partial charge in [-0.15, -0.1) is 0 Å². The van der Waals surface area contributed by atoms with Crippen molar-refractivity contribution in [2.45, 2.75) is 24.3 Å². The number of methoxy groups -OCH3 is 1. The van der Waals surface area contributed by atoms with Gasteiger partial charge >= 0.3 is 0 Å². The van der Waals surface area contributed by atoms with E-state index in [4.69, 9.17) is 9.47 Å². The van der Waals surface area contributed by atoms with Gasteiger partial charge in [-0.2, -0.15) is 0 Å². The van der Waals surface area contributed by atoms with E-state index in [1.54, 1.807) is 19.1 Å². The highest BCUT2D eigenvalue weighted by molar-refractivity contribution is 9.09. The van der Waals surface area contributed by atoms with Crippen LogP contribution in [-0.2, 0) is 14.3 Å². The number of likely N-dealkylation sites (N-methyl/N-ethyl adjacent to an activating group) is 1. The van der Waals surface area contributed by atoms with Crippen molar-refractivity contribution in [3.8, 4) is 0 Å². The van der Waals surface area contributed by atoms with Gasteiger partial charge in [0.25, 0.3) is 5.91 Å². The molecule has 5 heteroatoms. The van der Waals surface area contributed by atoms with Gasteiger partial charge in [-0.25, -0.2) is 0 Å². The van der Waals surface area contributed by atoms with E-state index in [0.29, 0.717) is 25.7 Å². The molecule has 0 radical (unpaired) electrons. The number of hydrogen-bond donors (Lipinski definition) is 0. The first-order chi connectivity index (χ1) is 7.56. The molecule has 1 amide bonds.